The molecular formula is C23H31N3O3S2. The number of piperidine rings is 1. The van der Waals surface area contributed by atoms with Crippen LogP contribution in [0.3, 0.4) is 0 Å². The minimum Gasteiger partial charge on any atom is -0.333 e. The highest BCUT2D eigenvalue weighted by atomic mass is 32.2. The van der Waals surface area contributed by atoms with Crippen LogP contribution in [-0.2, 0) is 16.4 Å². The molecule has 8 heteroatoms. The highest BCUT2D eigenvalue weighted by molar-refractivity contribution is 7.89. The fourth-order valence-electron chi connectivity index (χ4n) is 4.27. The first-order chi connectivity index (χ1) is 15.0. The van der Waals surface area contributed by atoms with E-state index < -0.39 is 10.0 Å². The second-order valence-electron chi connectivity index (χ2n) is 8.36. The Morgan fingerprint density at radius 2 is 1.77 bits per heavy atom. The van der Waals surface area contributed by atoms with Gasteiger partial charge in [0.2, 0.25) is 10.0 Å². The number of carbonyl (C=O) groups is 1. The van der Waals surface area contributed by atoms with Crippen molar-refractivity contribution >= 4 is 27.3 Å². The minimum atomic E-state index is -3.59. The number of amides is 1. The fourth-order valence-corrected chi connectivity index (χ4v) is 6.01. The Morgan fingerprint density at radius 1 is 1.10 bits per heavy atom. The molecule has 2 aromatic rings. The summed E-state index contributed by atoms with van der Waals surface area (Å²) in [7, 11) is -3.59. The second kappa shape index (κ2) is 9.81. The second-order valence-corrected chi connectivity index (χ2v) is 11.2. The van der Waals surface area contributed by atoms with Gasteiger partial charge in [-0.2, -0.15) is 0 Å². The van der Waals surface area contributed by atoms with Gasteiger partial charge in [-0.1, -0.05) is 13.0 Å². The zero-order chi connectivity index (χ0) is 21.8. The van der Waals surface area contributed by atoms with Crippen LogP contribution < -0.4 is 4.72 Å². The van der Waals surface area contributed by atoms with Gasteiger partial charge in [-0.05, 0) is 74.4 Å². The van der Waals surface area contributed by atoms with Crippen molar-refractivity contribution < 1.29 is 13.2 Å². The molecule has 2 aliphatic rings. The number of nitrogens with one attached hydrogen (secondary N) is 1. The van der Waals surface area contributed by atoms with Gasteiger partial charge < -0.3 is 9.80 Å². The maximum atomic E-state index is 13.3. The smallest absolute Gasteiger partial charge is 0.254 e. The molecule has 1 aromatic heterocycles. The summed E-state index contributed by atoms with van der Waals surface area (Å²) >= 11 is 1.62. The number of nitrogens with zero attached hydrogens (tertiary/aromatic N) is 2. The van der Waals surface area contributed by atoms with Crippen LogP contribution in [0.1, 0.15) is 47.8 Å². The summed E-state index contributed by atoms with van der Waals surface area (Å²) in [6, 6.07) is 11.0. The Hall–Kier alpha value is -1.74. The van der Waals surface area contributed by atoms with Crippen LogP contribution in [0.5, 0.6) is 0 Å². The number of benzene rings is 1. The number of hydrogen-bond donors (Lipinski definition) is 1. The summed E-state index contributed by atoms with van der Waals surface area (Å²) in [6.45, 7) is 5.66. The van der Waals surface area contributed by atoms with Crippen molar-refractivity contribution in [3.8, 4) is 0 Å². The molecule has 2 fully saturated rings. The molecule has 1 aliphatic heterocycles. The van der Waals surface area contributed by atoms with E-state index in [-0.39, 0.29) is 16.8 Å². The van der Waals surface area contributed by atoms with E-state index >= 15 is 0 Å². The molecule has 1 saturated carbocycles. The number of carbonyl (C=O) groups excluding carboxylic acids is 1. The number of sulfonamides is 1. The van der Waals surface area contributed by atoms with Crippen LogP contribution in [0, 0.1) is 0 Å². The minimum absolute atomic E-state index is 0.0343. The zero-order valence-electron chi connectivity index (χ0n) is 18.0. The molecule has 1 aromatic carbocycles. The Labute approximate surface area is 189 Å². The standard InChI is InChI=1S/C23H31N3O3S2/c1-2-25-15-12-20(13-16-25)26(19-7-8-19)23(27)18-5-9-22(10-6-18)31(28,29)24-14-11-21-4-3-17-30-21/h3-6,9-10,17,19-20,24H,2,7-8,11-16H2,1H3. The average molecular weight is 462 g/mol. The third kappa shape index (κ3) is 5.55. The van der Waals surface area contributed by atoms with Crippen LogP contribution in [-0.4, -0.2) is 62.4 Å². The van der Waals surface area contributed by atoms with E-state index in [1.54, 1.807) is 35.6 Å². The topological polar surface area (TPSA) is 69.7 Å². The molecule has 1 aliphatic carbocycles. The van der Waals surface area contributed by atoms with E-state index in [0.29, 0.717) is 24.6 Å². The van der Waals surface area contributed by atoms with Gasteiger partial charge in [0, 0.05) is 42.2 Å². The molecule has 0 unspecified atom stereocenters. The Kier molecular flexibility index (Phi) is 7.11. The van der Waals surface area contributed by atoms with Crippen molar-refractivity contribution in [2.24, 2.45) is 0 Å². The Morgan fingerprint density at radius 3 is 2.35 bits per heavy atom. The van der Waals surface area contributed by atoms with Crippen LogP contribution in [0.4, 0.5) is 0 Å². The quantitative estimate of drug-likeness (QED) is 0.622. The Balaban J connectivity index is 1.39. The normalized spacial score (nSPS) is 18.2. The van der Waals surface area contributed by atoms with Crippen molar-refractivity contribution in [3.63, 3.8) is 0 Å². The van der Waals surface area contributed by atoms with Crippen molar-refractivity contribution in [2.45, 2.75) is 56.0 Å². The van der Waals surface area contributed by atoms with Crippen LogP contribution in [0.2, 0.25) is 0 Å². The lowest BCUT2D eigenvalue weighted by molar-refractivity contribution is 0.0554. The number of hydrogen-bond acceptors (Lipinski definition) is 5. The van der Waals surface area contributed by atoms with E-state index in [9.17, 15) is 13.2 Å². The molecule has 0 radical (unpaired) electrons. The molecule has 168 valence electrons. The molecule has 0 spiro atoms. The van der Waals surface area contributed by atoms with Gasteiger partial charge in [-0.15, -0.1) is 11.3 Å². The van der Waals surface area contributed by atoms with E-state index in [0.717, 1.165) is 50.2 Å². The van der Waals surface area contributed by atoms with Crippen molar-refractivity contribution in [1.82, 2.24) is 14.5 Å². The van der Waals surface area contributed by atoms with Gasteiger partial charge in [-0.3, -0.25) is 4.79 Å². The fraction of sp³-hybridized carbons (Fsp3) is 0.522. The lowest BCUT2D eigenvalue weighted by Gasteiger charge is -2.38. The zero-order valence-corrected chi connectivity index (χ0v) is 19.6. The first-order valence-corrected chi connectivity index (χ1v) is 13.5. The average Bonchev–Trinajstić information content (AvgIpc) is 3.48. The summed E-state index contributed by atoms with van der Waals surface area (Å²) in [6.07, 6.45) is 4.83. The first kappa shape index (κ1) is 22.5. The number of likely N-dealkylation sites (tertiary alicyclic amines) is 1. The van der Waals surface area contributed by atoms with Crippen molar-refractivity contribution in [2.75, 3.05) is 26.2 Å². The first-order valence-electron chi connectivity index (χ1n) is 11.1. The highest BCUT2D eigenvalue weighted by Gasteiger charge is 2.38. The SMILES string of the molecule is CCN1CCC(N(C(=O)c2ccc(S(=O)(=O)NCCc3cccs3)cc2)C2CC2)CC1. The lowest BCUT2D eigenvalue weighted by Crippen LogP contribution is -2.48. The predicted octanol–water partition coefficient (Wildman–Crippen LogP) is 3.36. The maximum Gasteiger partial charge on any atom is 0.254 e. The summed E-state index contributed by atoms with van der Waals surface area (Å²) < 4.78 is 27.8. The monoisotopic (exact) mass is 461 g/mol. The molecule has 0 bridgehead atoms. The van der Waals surface area contributed by atoms with Crippen molar-refractivity contribution in [3.05, 3.63) is 52.2 Å². The highest BCUT2D eigenvalue weighted by Crippen LogP contribution is 2.33. The number of rotatable bonds is 9. The molecule has 4 rings (SSSR count). The molecule has 0 atom stereocenters. The molecule has 1 amide bonds. The maximum absolute atomic E-state index is 13.3. The van der Waals surface area contributed by atoms with E-state index in [2.05, 4.69) is 21.4 Å². The van der Waals surface area contributed by atoms with Crippen molar-refractivity contribution in [1.29, 1.82) is 0 Å². The summed E-state index contributed by atoms with van der Waals surface area (Å²) in [5, 5.41) is 1.98. The largest absolute Gasteiger partial charge is 0.333 e. The Bertz CT molecular complexity index is 962. The molecular weight excluding hydrogens is 430 g/mol. The van der Waals surface area contributed by atoms with Gasteiger partial charge >= 0.3 is 0 Å². The van der Waals surface area contributed by atoms with Gasteiger partial charge in [-0.25, -0.2) is 13.1 Å². The number of thiophene rings is 1. The van der Waals surface area contributed by atoms with E-state index in [4.69, 9.17) is 0 Å². The van der Waals surface area contributed by atoms with Crippen LogP contribution in [0.15, 0.2) is 46.7 Å². The lowest BCUT2D eigenvalue weighted by atomic mass is 10.0. The van der Waals surface area contributed by atoms with E-state index in [1.807, 2.05) is 17.5 Å². The summed E-state index contributed by atoms with van der Waals surface area (Å²) in [4.78, 5) is 19.1. The van der Waals surface area contributed by atoms with Gasteiger partial charge in [0.05, 0.1) is 4.90 Å². The van der Waals surface area contributed by atoms with E-state index in [1.165, 1.54) is 0 Å². The third-order valence-corrected chi connectivity index (χ3v) is 8.64. The van der Waals surface area contributed by atoms with Gasteiger partial charge in [0.15, 0.2) is 0 Å². The van der Waals surface area contributed by atoms with Gasteiger partial charge in [0.25, 0.3) is 5.91 Å². The molecule has 1 saturated heterocycles. The summed E-state index contributed by atoms with van der Waals surface area (Å²) in [5.74, 6) is 0.0343. The van der Waals surface area contributed by atoms with Crippen LogP contribution in [0.25, 0.3) is 0 Å². The molecule has 31 heavy (non-hydrogen) atoms. The van der Waals surface area contributed by atoms with Gasteiger partial charge in [0.1, 0.15) is 0 Å². The molecule has 6 nitrogen and oxygen atoms in total. The van der Waals surface area contributed by atoms with Crippen LogP contribution >= 0.6 is 11.3 Å². The molecule has 2 heterocycles. The summed E-state index contributed by atoms with van der Waals surface area (Å²) in [5.41, 5.74) is 0.572. The third-order valence-electron chi connectivity index (χ3n) is 6.23. The molecule has 1 N–H and O–H groups in total. The predicted molar refractivity (Wildman–Crippen MR) is 124 cm³/mol.